The smallest absolute Gasteiger partial charge is 0.336 e. The van der Waals surface area contributed by atoms with Gasteiger partial charge in [-0.25, -0.2) is 4.79 Å². The average molecular weight is 475 g/mol. The summed E-state index contributed by atoms with van der Waals surface area (Å²) in [6.45, 7) is 2.08. The van der Waals surface area contributed by atoms with Crippen LogP contribution >= 0.6 is 11.6 Å². The van der Waals surface area contributed by atoms with Crippen molar-refractivity contribution in [1.82, 2.24) is 19.2 Å². The topological polar surface area (TPSA) is 77.2 Å². The van der Waals surface area contributed by atoms with Crippen molar-refractivity contribution in [1.29, 1.82) is 0 Å². The van der Waals surface area contributed by atoms with Gasteiger partial charge in [0.05, 0.1) is 12.2 Å². The van der Waals surface area contributed by atoms with Gasteiger partial charge in [0.2, 0.25) is 5.69 Å². The monoisotopic (exact) mass is 474 g/mol. The van der Waals surface area contributed by atoms with Crippen LogP contribution < -0.4 is 11.2 Å². The first-order chi connectivity index (χ1) is 16.3. The molecule has 4 aromatic rings. The molecule has 0 N–H and O–H groups in total. The van der Waals surface area contributed by atoms with Gasteiger partial charge in [-0.1, -0.05) is 72.3 Å². The fourth-order valence-corrected chi connectivity index (χ4v) is 3.82. The van der Waals surface area contributed by atoms with E-state index in [1.54, 1.807) is 49.5 Å². The van der Waals surface area contributed by atoms with E-state index in [1.165, 1.54) is 4.90 Å². The normalized spacial score (nSPS) is 10.8. The van der Waals surface area contributed by atoms with Crippen molar-refractivity contribution in [3.8, 4) is 5.69 Å². The summed E-state index contributed by atoms with van der Waals surface area (Å²) >= 11 is 6.28. The lowest BCUT2D eigenvalue weighted by Gasteiger charge is -2.18. The largest absolute Gasteiger partial charge is 0.352 e. The van der Waals surface area contributed by atoms with Crippen LogP contribution in [0.15, 0.2) is 88.5 Å². The Balaban J connectivity index is 1.84. The van der Waals surface area contributed by atoms with Gasteiger partial charge >= 0.3 is 5.69 Å². The minimum atomic E-state index is -0.765. The number of halogens is 1. The zero-order valence-electron chi connectivity index (χ0n) is 18.8. The number of aromatic nitrogens is 3. The van der Waals surface area contributed by atoms with E-state index in [2.05, 4.69) is 5.10 Å². The summed E-state index contributed by atoms with van der Waals surface area (Å²) in [5.41, 5.74) is 1.09. The van der Waals surface area contributed by atoms with Crippen LogP contribution in [0.25, 0.3) is 5.69 Å². The van der Waals surface area contributed by atoms with Crippen molar-refractivity contribution in [3.05, 3.63) is 127 Å². The van der Waals surface area contributed by atoms with Crippen LogP contribution in [0.5, 0.6) is 0 Å². The van der Waals surface area contributed by atoms with E-state index in [1.807, 2.05) is 43.3 Å². The molecule has 3 aromatic carbocycles. The van der Waals surface area contributed by atoms with Gasteiger partial charge in [-0.05, 0) is 41.8 Å². The number of amides is 1. The molecule has 0 saturated carbocycles. The average Bonchev–Trinajstić information content (AvgIpc) is 2.83. The van der Waals surface area contributed by atoms with Crippen LogP contribution in [0.1, 0.15) is 27.2 Å². The first-order valence-electron chi connectivity index (χ1n) is 10.7. The summed E-state index contributed by atoms with van der Waals surface area (Å²) in [6.07, 6.45) is 0. The quantitative estimate of drug-likeness (QED) is 0.427. The van der Waals surface area contributed by atoms with Gasteiger partial charge in [0.15, 0.2) is 0 Å². The highest BCUT2D eigenvalue weighted by Crippen LogP contribution is 2.15. The fraction of sp³-hybridized carbons (Fsp3) is 0.154. The van der Waals surface area contributed by atoms with Crippen LogP contribution in [0.4, 0.5) is 0 Å². The molecular formula is C26H23ClN4O3. The van der Waals surface area contributed by atoms with E-state index < -0.39 is 17.2 Å². The standard InChI is InChI=1S/C26H23ClN4O3/c1-18-9-8-13-21(15-18)31-26(34)30(17-20-12-6-7-14-22(20)27)25(33)23(28-31)24(32)29(2)16-19-10-4-3-5-11-19/h3-15H,16-17H2,1-2H3. The highest BCUT2D eigenvalue weighted by atomic mass is 35.5. The zero-order valence-corrected chi connectivity index (χ0v) is 19.6. The van der Waals surface area contributed by atoms with E-state index in [0.29, 0.717) is 16.3 Å². The Hall–Kier alpha value is -3.97. The number of carbonyl (C=O) groups excluding carboxylic acids is 1. The van der Waals surface area contributed by atoms with Crippen molar-refractivity contribution < 1.29 is 4.79 Å². The number of benzene rings is 3. The van der Waals surface area contributed by atoms with Gasteiger partial charge in [-0.3, -0.25) is 14.2 Å². The predicted molar refractivity (Wildman–Crippen MR) is 132 cm³/mol. The molecule has 34 heavy (non-hydrogen) atoms. The fourth-order valence-electron chi connectivity index (χ4n) is 3.62. The van der Waals surface area contributed by atoms with Gasteiger partial charge in [-0.2, -0.15) is 9.78 Å². The molecular weight excluding hydrogens is 452 g/mol. The first-order valence-corrected chi connectivity index (χ1v) is 11.1. The predicted octanol–water partition coefficient (Wildman–Crippen LogP) is 3.68. The number of nitrogens with zero attached hydrogens (tertiary/aromatic N) is 4. The molecule has 0 aliphatic rings. The highest BCUT2D eigenvalue weighted by Gasteiger charge is 2.23. The molecule has 1 aromatic heterocycles. The highest BCUT2D eigenvalue weighted by molar-refractivity contribution is 6.31. The minimum absolute atomic E-state index is 0.0889. The van der Waals surface area contributed by atoms with Crippen molar-refractivity contribution in [3.63, 3.8) is 0 Å². The van der Waals surface area contributed by atoms with Gasteiger partial charge < -0.3 is 4.90 Å². The summed E-state index contributed by atoms with van der Waals surface area (Å²) in [5, 5.41) is 4.64. The first kappa shape index (κ1) is 23.2. The number of hydrogen-bond acceptors (Lipinski definition) is 4. The van der Waals surface area contributed by atoms with Crippen molar-refractivity contribution >= 4 is 17.5 Å². The van der Waals surface area contributed by atoms with E-state index >= 15 is 0 Å². The van der Waals surface area contributed by atoms with Crippen molar-refractivity contribution in [2.24, 2.45) is 0 Å². The van der Waals surface area contributed by atoms with Crippen molar-refractivity contribution in [2.45, 2.75) is 20.0 Å². The van der Waals surface area contributed by atoms with Crippen LogP contribution in [0, 0.1) is 6.92 Å². The number of hydrogen-bond donors (Lipinski definition) is 0. The molecule has 8 heteroatoms. The van der Waals surface area contributed by atoms with Gasteiger partial charge in [0.1, 0.15) is 0 Å². The summed E-state index contributed by atoms with van der Waals surface area (Å²) < 4.78 is 2.09. The van der Waals surface area contributed by atoms with Crippen molar-refractivity contribution in [2.75, 3.05) is 7.05 Å². The summed E-state index contributed by atoms with van der Waals surface area (Å²) in [4.78, 5) is 41.4. The molecule has 1 heterocycles. The lowest BCUT2D eigenvalue weighted by atomic mass is 10.2. The second-order valence-corrected chi connectivity index (χ2v) is 8.42. The van der Waals surface area contributed by atoms with Crippen LogP contribution in [-0.2, 0) is 13.1 Å². The molecule has 0 radical (unpaired) electrons. The third-order valence-electron chi connectivity index (χ3n) is 5.40. The molecule has 0 aliphatic heterocycles. The van der Waals surface area contributed by atoms with Gasteiger partial charge in [0.25, 0.3) is 11.5 Å². The summed E-state index contributed by atoms with van der Waals surface area (Å²) in [6, 6.07) is 23.5. The van der Waals surface area contributed by atoms with E-state index in [9.17, 15) is 14.4 Å². The Morgan fingerprint density at radius 1 is 0.971 bits per heavy atom. The van der Waals surface area contributed by atoms with Crippen LogP contribution in [-0.4, -0.2) is 32.2 Å². The van der Waals surface area contributed by atoms with Gasteiger partial charge in [-0.15, -0.1) is 0 Å². The summed E-state index contributed by atoms with van der Waals surface area (Å²) in [5.74, 6) is -0.580. The molecule has 0 atom stereocenters. The molecule has 0 aliphatic carbocycles. The maximum Gasteiger partial charge on any atom is 0.352 e. The molecule has 4 rings (SSSR count). The van der Waals surface area contributed by atoms with E-state index in [-0.39, 0.29) is 18.8 Å². The lowest BCUT2D eigenvalue weighted by Crippen LogP contribution is -2.46. The zero-order chi connectivity index (χ0) is 24.2. The minimum Gasteiger partial charge on any atom is -0.336 e. The molecule has 7 nitrogen and oxygen atoms in total. The van der Waals surface area contributed by atoms with Crippen LogP contribution in [0.2, 0.25) is 5.02 Å². The second kappa shape index (κ2) is 9.89. The Bertz CT molecular complexity index is 1460. The third kappa shape index (κ3) is 4.84. The number of carbonyl (C=O) groups is 1. The Morgan fingerprint density at radius 3 is 2.38 bits per heavy atom. The maximum absolute atomic E-state index is 13.4. The molecule has 172 valence electrons. The molecule has 0 spiro atoms. The molecule has 0 bridgehead atoms. The second-order valence-electron chi connectivity index (χ2n) is 8.01. The SMILES string of the molecule is Cc1cccc(-n2nc(C(=O)N(C)Cc3ccccc3)c(=O)n(Cc3ccccc3Cl)c2=O)c1. The Kier molecular flexibility index (Phi) is 6.75. The molecule has 0 unspecified atom stereocenters. The maximum atomic E-state index is 13.4. The summed E-state index contributed by atoms with van der Waals surface area (Å²) in [7, 11) is 1.59. The Morgan fingerprint density at radius 2 is 1.68 bits per heavy atom. The molecule has 1 amide bonds. The third-order valence-corrected chi connectivity index (χ3v) is 5.77. The molecule has 0 saturated heterocycles. The van der Waals surface area contributed by atoms with E-state index in [4.69, 9.17) is 11.6 Å². The van der Waals surface area contributed by atoms with Gasteiger partial charge in [0, 0.05) is 18.6 Å². The number of aryl methyl sites for hydroxylation is 1. The van der Waals surface area contributed by atoms with Crippen LogP contribution in [0.3, 0.4) is 0 Å². The Labute approximate surface area is 201 Å². The number of rotatable bonds is 6. The van der Waals surface area contributed by atoms with E-state index in [0.717, 1.165) is 20.4 Å². The lowest BCUT2D eigenvalue weighted by molar-refractivity contribution is 0.0773. The molecule has 0 fully saturated rings.